The predicted octanol–water partition coefficient (Wildman–Crippen LogP) is 3.44. The fourth-order valence-electron chi connectivity index (χ4n) is 2.40. The zero-order valence-electron chi connectivity index (χ0n) is 13.7. The molecule has 0 saturated heterocycles. The summed E-state index contributed by atoms with van der Waals surface area (Å²) in [6, 6.07) is 11.3. The van der Waals surface area contributed by atoms with E-state index >= 15 is 0 Å². The molecular formula is C18H13F3N2O4. The first kappa shape index (κ1) is 18.3. The minimum Gasteiger partial charge on any atom is -0.483 e. The minimum atomic E-state index is -4.78. The third-order valence-corrected chi connectivity index (χ3v) is 3.51. The smallest absolute Gasteiger partial charge is 0.483 e. The number of alkyl halides is 3. The van der Waals surface area contributed by atoms with E-state index in [1.54, 1.807) is 24.3 Å². The fraction of sp³-hybridized carbons (Fsp3) is 0.111. The molecule has 1 amide bonds. The highest BCUT2D eigenvalue weighted by Gasteiger charge is 2.30. The van der Waals surface area contributed by atoms with Crippen molar-refractivity contribution in [3.63, 3.8) is 0 Å². The van der Waals surface area contributed by atoms with Gasteiger partial charge in [0.2, 0.25) is 0 Å². The van der Waals surface area contributed by atoms with Gasteiger partial charge in [0.25, 0.3) is 11.5 Å². The largest absolute Gasteiger partial charge is 0.573 e. The number of H-pyrrole nitrogens is 1. The van der Waals surface area contributed by atoms with Gasteiger partial charge in [-0.05, 0) is 42.5 Å². The number of aromatic amines is 1. The second-order valence-electron chi connectivity index (χ2n) is 5.43. The molecule has 0 radical (unpaired) electrons. The number of rotatable bonds is 5. The Morgan fingerprint density at radius 1 is 1.04 bits per heavy atom. The van der Waals surface area contributed by atoms with Crippen LogP contribution >= 0.6 is 0 Å². The van der Waals surface area contributed by atoms with E-state index in [4.69, 9.17) is 4.74 Å². The number of hydrogen-bond donors (Lipinski definition) is 2. The second-order valence-corrected chi connectivity index (χ2v) is 5.43. The van der Waals surface area contributed by atoms with Gasteiger partial charge in [0.1, 0.15) is 11.5 Å². The average molecular weight is 378 g/mol. The van der Waals surface area contributed by atoms with E-state index in [2.05, 4.69) is 15.0 Å². The maximum absolute atomic E-state index is 12.1. The third-order valence-electron chi connectivity index (χ3n) is 3.51. The zero-order valence-corrected chi connectivity index (χ0v) is 13.7. The molecule has 0 fully saturated rings. The van der Waals surface area contributed by atoms with Gasteiger partial charge in [-0.25, -0.2) is 0 Å². The number of halogens is 3. The maximum atomic E-state index is 12.1. The standard InChI is InChI=1S/C18H13F3N2O4/c19-18(20,21)27-12-6-4-11(5-7-12)23-16(24)10-26-15-3-1-2-14-13(15)8-9-22-17(14)25/h1-9H,10H2,(H,22,25)(H,23,24). The van der Waals surface area contributed by atoms with E-state index in [1.165, 1.54) is 18.3 Å². The monoisotopic (exact) mass is 378 g/mol. The Kier molecular flexibility index (Phi) is 5.02. The van der Waals surface area contributed by atoms with Gasteiger partial charge in [-0.1, -0.05) is 6.07 Å². The predicted molar refractivity (Wildman–Crippen MR) is 91.8 cm³/mol. The van der Waals surface area contributed by atoms with Gasteiger partial charge >= 0.3 is 6.36 Å². The number of hydrogen-bond acceptors (Lipinski definition) is 4. The number of ether oxygens (including phenoxy) is 2. The number of nitrogens with one attached hydrogen (secondary N) is 2. The lowest BCUT2D eigenvalue weighted by molar-refractivity contribution is -0.274. The topological polar surface area (TPSA) is 80.4 Å². The number of anilines is 1. The van der Waals surface area contributed by atoms with Gasteiger partial charge in [0.05, 0.1) is 5.39 Å². The van der Waals surface area contributed by atoms with E-state index in [0.717, 1.165) is 12.1 Å². The molecule has 2 aromatic carbocycles. The fourth-order valence-corrected chi connectivity index (χ4v) is 2.40. The summed E-state index contributed by atoms with van der Waals surface area (Å²) < 4.78 is 45.6. The van der Waals surface area contributed by atoms with Crippen LogP contribution in [0.4, 0.5) is 18.9 Å². The maximum Gasteiger partial charge on any atom is 0.573 e. The Morgan fingerprint density at radius 2 is 1.78 bits per heavy atom. The van der Waals surface area contributed by atoms with Crippen molar-refractivity contribution in [3.8, 4) is 11.5 Å². The number of benzene rings is 2. The van der Waals surface area contributed by atoms with Crippen LogP contribution in [0.15, 0.2) is 59.5 Å². The molecule has 2 N–H and O–H groups in total. The van der Waals surface area contributed by atoms with E-state index in [-0.39, 0.29) is 17.9 Å². The summed E-state index contributed by atoms with van der Waals surface area (Å²) in [6.45, 7) is -0.341. The first-order valence-electron chi connectivity index (χ1n) is 7.71. The third kappa shape index (κ3) is 4.78. The lowest BCUT2D eigenvalue weighted by Crippen LogP contribution is -2.20. The van der Waals surface area contributed by atoms with Gasteiger partial charge in [-0.2, -0.15) is 0 Å². The van der Waals surface area contributed by atoms with Crippen LogP contribution in [0.2, 0.25) is 0 Å². The SMILES string of the molecule is O=C(COc1cccc2c(=O)[nH]ccc12)Nc1ccc(OC(F)(F)F)cc1. The van der Waals surface area contributed by atoms with Gasteiger partial charge in [-0.15, -0.1) is 13.2 Å². The van der Waals surface area contributed by atoms with E-state index in [0.29, 0.717) is 16.5 Å². The first-order chi connectivity index (χ1) is 12.8. The molecular weight excluding hydrogens is 365 g/mol. The van der Waals surface area contributed by atoms with Crippen LogP contribution in [0, 0.1) is 0 Å². The molecule has 140 valence electrons. The normalized spacial score (nSPS) is 11.2. The van der Waals surface area contributed by atoms with Gasteiger partial charge in [0, 0.05) is 17.3 Å². The average Bonchev–Trinajstić information content (AvgIpc) is 2.61. The summed E-state index contributed by atoms with van der Waals surface area (Å²) in [4.78, 5) is 26.3. The molecule has 6 nitrogen and oxygen atoms in total. The van der Waals surface area contributed by atoms with Gasteiger partial charge < -0.3 is 19.8 Å². The number of aromatic nitrogens is 1. The molecule has 1 aromatic heterocycles. The number of amides is 1. The van der Waals surface area contributed by atoms with Crippen molar-refractivity contribution in [1.82, 2.24) is 4.98 Å². The number of carbonyl (C=O) groups excluding carboxylic acids is 1. The number of carbonyl (C=O) groups is 1. The summed E-state index contributed by atoms with van der Waals surface area (Å²) in [5.74, 6) is -0.540. The van der Waals surface area contributed by atoms with Gasteiger partial charge in [0.15, 0.2) is 6.61 Å². The molecule has 9 heteroatoms. The van der Waals surface area contributed by atoms with Crippen molar-refractivity contribution < 1.29 is 27.4 Å². The molecule has 0 atom stereocenters. The van der Waals surface area contributed by atoms with Crippen molar-refractivity contribution in [1.29, 1.82) is 0 Å². The van der Waals surface area contributed by atoms with E-state index in [1.807, 2.05) is 0 Å². The Morgan fingerprint density at radius 3 is 2.48 bits per heavy atom. The first-order valence-corrected chi connectivity index (χ1v) is 7.71. The molecule has 3 aromatic rings. The molecule has 0 spiro atoms. The molecule has 0 aliphatic heterocycles. The Bertz CT molecular complexity index is 1010. The van der Waals surface area contributed by atoms with Crippen LogP contribution < -0.4 is 20.3 Å². The highest BCUT2D eigenvalue weighted by atomic mass is 19.4. The van der Waals surface area contributed by atoms with Crippen molar-refractivity contribution >= 4 is 22.4 Å². The number of fused-ring (bicyclic) bond motifs is 1. The highest BCUT2D eigenvalue weighted by molar-refractivity contribution is 5.92. The van der Waals surface area contributed by atoms with E-state index in [9.17, 15) is 22.8 Å². The summed E-state index contributed by atoms with van der Waals surface area (Å²) in [7, 11) is 0. The minimum absolute atomic E-state index is 0.274. The molecule has 0 unspecified atom stereocenters. The van der Waals surface area contributed by atoms with Crippen LogP contribution in [0.3, 0.4) is 0 Å². The van der Waals surface area contributed by atoms with Crippen LogP contribution in [-0.4, -0.2) is 23.9 Å². The summed E-state index contributed by atoms with van der Waals surface area (Å²) in [5.41, 5.74) is 0.0102. The van der Waals surface area contributed by atoms with Crippen molar-refractivity contribution in [2.45, 2.75) is 6.36 Å². The summed E-state index contributed by atoms with van der Waals surface area (Å²) in [5, 5.41) is 3.48. The van der Waals surface area contributed by atoms with Crippen molar-refractivity contribution in [2.75, 3.05) is 11.9 Å². The Hall–Kier alpha value is -3.49. The zero-order chi connectivity index (χ0) is 19.4. The van der Waals surface area contributed by atoms with E-state index < -0.39 is 18.0 Å². The van der Waals surface area contributed by atoms with Crippen LogP contribution in [-0.2, 0) is 4.79 Å². The second kappa shape index (κ2) is 7.40. The lowest BCUT2D eigenvalue weighted by Gasteiger charge is -2.11. The molecule has 0 bridgehead atoms. The molecule has 0 saturated carbocycles. The van der Waals surface area contributed by atoms with Crippen molar-refractivity contribution in [3.05, 3.63) is 65.1 Å². The van der Waals surface area contributed by atoms with Crippen molar-refractivity contribution in [2.24, 2.45) is 0 Å². The molecule has 0 aliphatic rings. The summed E-state index contributed by atoms with van der Waals surface area (Å²) in [6.07, 6.45) is -3.30. The highest BCUT2D eigenvalue weighted by Crippen LogP contribution is 2.24. The van der Waals surface area contributed by atoms with Gasteiger partial charge in [-0.3, -0.25) is 9.59 Å². The molecule has 1 heterocycles. The van der Waals surface area contributed by atoms with Crippen LogP contribution in [0.1, 0.15) is 0 Å². The Labute approximate surface area is 150 Å². The molecule has 0 aliphatic carbocycles. The number of pyridine rings is 1. The van der Waals surface area contributed by atoms with Crippen LogP contribution in [0.5, 0.6) is 11.5 Å². The summed E-state index contributed by atoms with van der Waals surface area (Å²) >= 11 is 0. The lowest BCUT2D eigenvalue weighted by atomic mass is 10.1. The van der Waals surface area contributed by atoms with Crippen LogP contribution in [0.25, 0.3) is 10.8 Å². The Balaban J connectivity index is 1.62. The quantitative estimate of drug-likeness (QED) is 0.713. The molecule has 27 heavy (non-hydrogen) atoms. The molecule has 3 rings (SSSR count).